The summed E-state index contributed by atoms with van der Waals surface area (Å²) in [5, 5.41) is 2.64. The number of nitrogens with one attached hydrogen (secondary N) is 1. The number of aldehydes is 1. The van der Waals surface area contributed by atoms with E-state index in [1.54, 1.807) is 27.7 Å². The minimum atomic E-state index is -0.752. The molecule has 19 heavy (non-hydrogen) atoms. The quantitative estimate of drug-likeness (QED) is 0.850. The molecule has 0 fully saturated rings. The molecule has 0 aromatic heterocycles. The van der Waals surface area contributed by atoms with E-state index in [0.29, 0.717) is 0 Å². The molecule has 1 aromatic rings. The van der Waals surface area contributed by atoms with E-state index >= 15 is 0 Å². The maximum Gasteiger partial charge on any atom is 0.407 e. The minimum Gasteiger partial charge on any atom is -0.444 e. The van der Waals surface area contributed by atoms with Gasteiger partial charge in [-0.1, -0.05) is 30.3 Å². The molecule has 1 N–H and O–H groups in total. The fourth-order valence-corrected chi connectivity index (χ4v) is 1.60. The average molecular weight is 263 g/mol. The lowest BCUT2D eigenvalue weighted by molar-refractivity contribution is -0.112. The van der Waals surface area contributed by atoms with Crippen LogP contribution in [0.5, 0.6) is 0 Å². The van der Waals surface area contributed by atoms with Gasteiger partial charge in [0.25, 0.3) is 0 Å². The smallest absolute Gasteiger partial charge is 0.407 e. The van der Waals surface area contributed by atoms with Crippen molar-refractivity contribution in [2.75, 3.05) is 6.54 Å². The van der Waals surface area contributed by atoms with Gasteiger partial charge in [-0.25, -0.2) is 4.79 Å². The lowest BCUT2D eigenvalue weighted by Gasteiger charge is -2.25. The molecule has 1 aromatic carbocycles. The van der Waals surface area contributed by atoms with Crippen molar-refractivity contribution in [1.29, 1.82) is 0 Å². The number of carbonyl (C=O) groups excluding carboxylic acids is 2. The normalized spacial score (nSPS) is 14.3. The van der Waals surface area contributed by atoms with Gasteiger partial charge < -0.3 is 14.8 Å². The average Bonchev–Trinajstić information content (AvgIpc) is 2.35. The first-order valence-corrected chi connectivity index (χ1v) is 6.25. The molecule has 0 aliphatic carbocycles. The fraction of sp³-hybridized carbons (Fsp3) is 0.467. The van der Waals surface area contributed by atoms with Crippen molar-refractivity contribution in [3.8, 4) is 0 Å². The van der Waals surface area contributed by atoms with Crippen molar-refractivity contribution >= 4 is 12.4 Å². The molecule has 0 aliphatic rings. The predicted molar refractivity (Wildman–Crippen MR) is 74.1 cm³/mol. The van der Waals surface area contributed by atoms with Gasteiger partial charge in [0.1, 0.15) is 11.9 Å². The maximum absolute atomic E-state index is 11.6. The molecule has 0 saturated carbocycles. The van der Waals surface area contributed by atoms with Crippen molar-refractivity contribution < 1.29 is 14.3 Å². The number of hydrogen-bond donors (Lipinski definition) is 1. The Kier molecular flexibility index (Phi) is 4.70. The molecule has 4 nitrogen and oxygen atoms in total. The minimum absolute atomic E-state index is 0.204. The highest BCUT2D eigenvalue weighted by atomic mass is 16.6. The zero-order valence-corrected chi connectivity index (χ0v) is 11.9. The molecule has 0 heterocycles. The molecule has 0 bridgehead atoms. The highest BCUT2D eigenvalue weighted by Gasteiger charge is 2.27. The third-order valence-corrected chi connectivity index (χ3v) is 2.69. The van der Waals surface area contributed by atoms with E-state index in [4.69, 9.17) is 4.74 Å². The summed E-state index contributed by atoms with van der Waals surface area (Å²) in [6.07, 6.45) is 0.330. The van der Waals surface area contributed by atoms with Crippen LogP contribution in [0.3, 0.4) is 0 Å². The topological polar surface area (TPSA) is 55.4 Å². The van der Waals surface area contributed by atoms with E-state index in [0.717, 1.165) is 11.8 Å². The van der Waals surface area contributed by atoms with Crippen LogP contribution in [0.15, 0.2) is 30.3 Å². The molecule has 104 valence electrons. The molecule has 1 rings (SSSR count). The summed E-state index contributed by atoms with van der Waals surface area (Å²) in [4.78, 5) is 22.9. The Morgan fingerprint density at radius 3 is 2.26 bits per heavy atom. The van der Waals surface area contributed by atoms with Gasteiger partial charge in [-0.15, -0.1) is 0 Å². The van der Waals surface area contributed by atoms with Crippen molar-refractivity contribution in [3.63, 3.8) is 0 Å². The molecule has 1 atom stereocenters. The number of hydrogen-bond acceptors (Lipinski definition) is 3. The summed E-state index contributed by atoms with van der Waals surface area (Å²) in [6, 6.07) is 9.35. The number of benzene rings is 1. The molecule has 0 aliphatic heterocycles. The number of rotatable bonds is 4. The maximum atomic E-state index is 11.6. The first-order chi connectivity index (χ1) is 8.77. The van der Waals surface area contributed by atoms with Gasteiger partial charge in [0.05, 0.1) is 5.41 Å². The van der Waals surface area contributed by atoms with Crippen molar-refractivity contribution in [3.05, 3.63) is 35.9 Å². The van der Waals surface area contributed by atoms with Gasteiger partial charge in [-0.3, -0.25) is 0 Å². The second-order valence-corrected chi connectivity index (χ2v) is 5.76. The van der Waals surface area contributed by atoms with E-state index in [1.807, 2.05) is 30.3 Å². The van der Waals surface area contributed by atoms with Gasteiger partial charge >= 0.3 is 6.09 Å². The second-order valence-electron chi connectivity index (χ2n) is 5.76. The number of ether oxygens (including phenoxy) is 1. The summed E-state index contributed by atoms with van der Waals surface area (Å²) >= 11 is 0. The van der Waals surface area contributed by atoms with Crippen LogP contribution in [-0.2, 0) is 14.9 Å². The molecule has 1 unspecified atom stereocenters. The van der Waals surface area contributed by atoms with Gasteiger partial charge in [0, 0.05) is 6.54 Å². The lowest BCUT2D eigenvalue weighted by atomic mass is 9.84. The van der Waals surface area contributed by atoms with Crippen molar-refractivity contribution in [2.45, 2.75) is 38.7 Å². The molecule has 0 spiro atoms. The number of amides is 1. The predicted octanol–water partition coefficient (Wildman–Crippen LogP) is 2.67. The highest BCUT2D eigenvalue weighted by molar-refractivity contribution is 5.72. The van der Waals surface area contributed by atoms with Gasteiger partial charge in [-0.05, 0) is 33.3 Å². The van der Waals surface area contributed by atoms with Crippen LogP contribution < -0.4 is 5.32 Å². The third kappa shape index (κ3) is 4.73. The van der Waals surface area contributed by atoms with E-state index in [-0.39, 0.29) is 6.54 Å². The fourth-order valence-electron chi connectivity index (χ4n) is 1.60. The SMILES string of the molecule is CC(C)(C)OC(=O)NCC(C)(C=O)c1ccccc1. The van der Waals surface area contributed by atoms with Crippen LogP contribution in [0.1, 0.15) is 33.3 Å². The first-order valence-electron chi connectivity index (χ1n) is 6.25. The van der Waals surface area contributed by atoms with Crippen LogP contribution in [0, 0.1) is 0 Å². The first kappa shape index (κ1) is 15.2. The Bertz CT molecular complexity index is 436. The molecule has 0 saturated heterocycles. The summed E-state index contributed by atoms with van der Waals surface area (Å²) in [5.41, 5.74) is -0.437. The lowest BCUT2D eigenvalue weighted by Crippen LogP contribution is -2.42. The van der Waals surface area contributed by atoms with Gasteiger partial charge in [-0.2, -0.15) is 0 Å². The zero-order chi connectivity index (χ0) is 14.5. The van der Waals surface area contributed by atoms with Crippen LogP contribution in [0.2, 0.25) is 0 Å². The third-order valence-electron chi connectivity index (χ3n) is 2.69. The Morgan fingerprint density at radius 2 is 1.79 bits per heavy atom. The van der Waals surface area contributed by atoms with Crippen molar-refractivity contribution in [2.24, 2.45) is 0 Å². The Labute approximate surface area is 114 Å². The van der Waals surface area contributed by atoms with Gasteiger partial charge in [0.2, 0.25) is 0 Å². The van der Waals surface area contributed by atoms with E-state index in [2.05, 4.69) is 5.32 Å². The van der Waals surface area contributed by atoms with Crippen LogP contribution >= 0.6 is 0 Å². The monoisotopic (exact) mass is 263 g/mol. The Balaban J connectivity index is 2.68. The number of carbonyl (C=O) groups is 2. The van der Waals surface area contributed by atoms with Crippen LogP contribution in [0.25, 0.3) is 0 Å². The van der Waals surface area contributed by atoms with Crippen molar-refractivity contribution in [1.82, 2.24) is 5.32 Å². The summed E-state index contributed by atoms with van der Waals surface area (Å²) in [6.45, 7) is 7.37. The Morgan fingerprint density at radius 1 is 1.21 bits per heavy atom. The largest absolute Gasteiger partial charge is 0.444 e. The standard InChI is InChI=1S/C15H21NO3/c1-14(2,3)19-13(18)16-10-15(4,11-17)12-8-6-5-7-9-12/h5-9,11H,10H2,1-4H3,(H,16,18). The van der Waals surface area contributed by atoms with E-state index in [9.17, 15) is 9.59 Å². The molecule has 0 radical (unpaired) electrons. The van der Waals surface area contributed by atoms with Crippen LogP contribution in [0.4, 0.5) is 4.79 Å². The highest BCUT2D eigenvalue weighted by Crippen LogP contribution is 2.20. The molecule has 1 amide bonds. The summed E-state index contributed by atoms with van der Waals surface area (Å²) in [5.74, 6) is 0. The summed E-state index contributed by atoms with van der Waals surface area (Å²) in [7, 11) is 0. The second kappa shape index (κ2) is 5.87. The number of alkyl carbamates (subject to hydrolysis) is 1. The van der Waals surface area contributed by atoms with E-state index < -0.39 is 17.1 Å². The molecular weight excluding hydrogens is 242 g/mol. The zero-order valence-electron chi connectivity index (χ0n) is 11.9. The van der Waals surface area contributed by atoms with Gasteiger partial charge in [0.15, 0.2) is 0 Å². The van der Waals surface area contributed by atoms with Crippen LogP contribution in [-0.4, -0.2) is 24.5 Å². The Hall–Kier alpha value is -1.84. The molecular formula is C15H21NO3. The van der Waals surface area contributed by atoms with E-state index in [1.165, 1.54) is 0 Å². The summed E-state index contributed by atoms with van der Waals surface area (Å²) < 4.78 is 5.15. The molecule has 4 heteroatoms.